The standard InChI is InChI=1S/C14H25N3O3/c1-10(14(19)20-2)16-13(18)12-4-3-9-17(12)11-5-7-15-8-6-11/h10-12,15H,3-9H2,1-2H3,(H,16,18)/t10-,12?/m0/s1. The molecule has 2 aliphatic rings. The van der Waals surface area contributed by atoms with E-state index >= 15 is 0 Å². The zero-order valence-corrected chi connectivity index (χ0v) is 12.4. The lowest BCUT2D eigenvalue weighted by molar-refractivity contribution is -0.145. The van der Waals surface area contributed by atoms with Crippen LogP contribution in [0.2, 0.25) is 0 Å². The van der Waals surface area contributed by atoms with Gasteiger partial charge in [0, 0.05) is 6.04 Å². The molecule has 6 nitrogen and oxygen atoms in total. The van der Waals surface area contributed by atoms with Crippen LogP contribution in [-0.4, -0.2) is 61.6 Å². The smallest absolute Gasteiger partial charge is 0.328 e. The molecule has 0 bridgehead atoms. The van der Waals surface area contributed by atoms with Crippen LogP contribution in [0.5, 0.6) is 0 Å². The second-order valence-electron chi connectivity index (χ2n) is 5.63. The van der Waals surface area contributed by atoms with Crippen molar-refractivity contribution in [1.82, 2.24) is 15.5 Å². The molecule has 0 saturated carbocycles. The van der Waals surface area contributed by atoms with Crippen LogP contribution in [0.15, 0.2) is 0 Å². The maximum absolute atomic E-state index is 12.4. The summed E-state index contributed by atoms with van der Waals surface area (Å²) in [6.45, 7) is 4.69. The minimum Gasteiger partial charge on any atom is -0.467 e. The van der Waals surface area contributed by atoms with E-state index in [0.717, 1.165) is 45.3 Å². The monoisotopic (exact) mass is 283 g/mol. The SMILES string of the molecule is COC(=O)[C@H](C)NC(=O)C1CCCN1C1CCNCC1. The number of esters is 1. The molecule has 2 fully saturated rings. The fourth-order valence-electron chi connectivity index (χ4n) is 3.19. The molecule has 0 aliphatic carbocycles. The summed E-state index contributed by atoms with van der Waals surface area (Å²) in [4.78, 5) is 26.1. The van der Waals surface area contributed by atoms with Gasteiger partial charge in [-0.15, -0.1) is 0 Å². The zero-order chi connectivity index (χ0) is 14.5. The Hall–Kier alpha value is -1.14. The van der Waals surface area contributed by atoms with Crippen molar-refractivity contribution < 1.29 is 14.3 Å². The predicted octanol–water partition coefficient (Wildman–Crippen LogP) is -0.119. The first-order valence-electron chi connectivity index (χ1n) is 7.48. The van der Waals surface area contributed by atoms with Crippen LogP contribution in [0.3, 0.4) is 0 Å². The molecule has 2 rings (SSSR count). The lowest BCUT2D eigenvalue weighted by atomic mass is 10.0. The van der Waals surface area contributed by atoms with Crippen molar-refractivity contribution in [3.8, 4) is 0 Å². The van der Waals surface area contributed by atoms with Crippen molar-refractivity contribution >= 4 is 11.9 Å². The Morgan fingerprint density at radius 1 is 1.30 bits per heavy atom. The number of carbonyl (C=O) groups excluding carboxylic acids is 2. The van der Waals surface area contributed by atoms with Gasteiger partial charge in [-0.2, -0.15) is 0 Å². The topological polar surface area (TPSA) is 70.7 Å². The molecule has 0 spiro atoms. The van der Waals surface area contributed by atoms with Crippen molar-refractivity contribution in [3.05, 3.63) is 0 Å². The summed E-state index contributed by atoms with van der Waals surface area (Å²) in [5.74, 6) is -0.441. The van der Waals surface area contributed by atoms with E-state index < -0.39 is 12.0 Å². The minimum atomic E-state index is -0.581. The van der Waals surface area contributed by atoms with Gasteiger partial charge in [0.25, 0.3) is 0 Å². The number of likely N-dealkylation sites (tertiary alicyclic amines) is 1. The molecule has 0 aromatic rings. The van der Waals surface area contributed by atoms with Gasteiger partial charge in [0.15, 0.2) is 0 Å². The second kappa shape index (κ2) is 7.04. The summed E-state index contributed by atoms with van der Waals surface area (Å²) < 4.78 is 4.64. The number of carbonyl (C=O) groups is 2. The van der Waals surface area contributed by atoms with Crippen LogP contribution >= 0.6 is 0 Å². The van der Waals surface area contributed by atoms with Crippen molar-refractivity contribution in [3.63, 3.8) is 0 Å². The lowest BCUT2D eigenvalue weighted by Crippen LogP contribution is -2.53. The molecule has 2 saturated heterocycles. The molecule has 0 aromatic heterocycles. The highest BCUT2D eigenvalue weighted by Crippen LogP contribution is 2.24. The number of methoxy groups -OCH3 is 1. The van der Waals surface area contributed by atoms with Gasteiger partial charge < -0.3 is 15.4 Å². The van der Waals surface area contributed by atoms with Crippen molar-refractivity contribution in [1.29, 1.82) is 0 Å². The molecular weight excluding hydrogens is 258 g/mol. The van der Waals surface area contributed by atoms with Crippen molar-refractivity contribution in [2.24, 2.45) is 0 Å². The van der Waals surface area contributed by atoms with E-state index in [0.29, 0.717) is 6.04 Å². The highest BCUT2D eigenvalue weighted by Gasteiger charge is 2.36. The molecule has 20 heavy (non-hydrogen) atoms. The van der Waals surface area contributed by atoms with Crippen molar-refractivity contribution in [2.45, 2.75) is 50.7 Å². The fraction of sp³-hybridized carbons (Fsp3) is 0.857. The van der Waals surface area contributed by atoms with Crippen LogP contribution in [-0.2, 0) is 14.3 Å². The summed E-state index contributed by atoms with van der Waals surface area (Å²) in [6.07, 6.45) is 4.12. The lowest BCUT2D eigenvalue weighted by Gasteiger charge is -2.35. The highest BCUT2D eigenvalue weighted by atomic mass is 16.5. The average Bonchev–Trinajstić information content (AvgIpc) is 2.96. The molecular formula is C14H25N3O3. The minimum absolute atomic E-state index is 0.0427. The molecule has 1 unspecified atom stereocenters. The third kappa shape index (κ3) is 3.49. The Morgan fingerprint density at radius 2 is 2.00 bits per heavy atom. The number of amides is 1. The van der Waals surface area contributed by atoms with E-state index in [1.165, 1.54) is 7.11 Å². The molecule has 0 radical (unpaired) electrons. The first kappa shape index (κ1) is 15.3. The molecule has 2 aliphatic heterocycles. The third-order valence-electron chi connectivity index (χ3n) is 4.29. The molecule has 114 valence electrons. The van der Waals surface area contributed by atoms with E-state index in [9.17, 15) is 9.59 Å². The quantitative estimate of drug-likeness (QED) is 0.704. The number of rotatable bonds is 4. The van der Waals surface area contributed by atoms with Gasteiger partial charge in [-0.25, -0.2) is 4.79 Å². The normalized spacial score (nSPS) is 26.2. The summed E-state index contributed by atoms with van der Waals surface area (Å²) in [7, 11) is 1.34. The first-order valence-corrected chi connectivity index (χ1v) is 7.48. The van der Waals surface area contributed by atoms with Crippen LogP contribution in [0.1, 0.15) is 32.6 Å². The van der Waals surface area contributed by atoms with Gasteiger partial charge in [0.2, 0.25) is 5.91 Å². The van der Waals surface area contributed by atoms with Crippen molar-refractivity contribution in [2.75, 3.05) is 26.7 Å². The molecule has 2 atom stereocenters. The van der Waals surface area contributed by atoms with Gasteiger partial charge in [-0.3, -0.25) is 9.69 Å². The van der Waals surface area contributed by atoms with Gasteiger partial charge in [-0.1, -0.05) is 0 Å². The number of hydrogen-bond acceptors (Lipinski definition) is 5. The molecule has 1 amide bonds. The van der Waals surface area contributed by atoms with Crippen LogP contribution < -0.4 is 10.6 Å². The Labute approximate surface area is 120 Å². The molecule has 6 heteroatoms. The molecule has 2 N–H and O–H groups in total. The van der Waals surface area contributed by atoms with Gasteiger partial charge in [-0.05, 0) is 52.2 Å². The van der Waals surface area contributed by atoms with E-state index in [-0.39, 0.29) is 11.9 Å². The molecule has 0 aromatic carbocycles. The number of piperidine rings is 1. The summed E-state index contributed by atoms with van der Waals surface area (Å²) in [5, 5.41) is 6.12. The van der Waals surface area contributed by atoms with Crippen LogP contribution in [0.4, 0.5) is 0 Å². The van der Waals surface area contributed by atoms with E-state index in [4.69, 9.17) is 0 Å². The Kier molecular flexibility index (Phi) is 5.37. The van der Waals surface area contributed by atoms with E-state index in [2.05, 4.69) is 20.3 Å². The molecule has 2 heterocycles. The van der Waals surface area contributed by atoms with E-state index in [1.807, 2.05) is 0 Å². The summed E-state index contributed by atoms with van der Waals surface area (Å²) in [5.41, 5.74) is 0. The van der Waals surface area contributed by atoms with E-state index in [1.54, 1.807) is 6.92 Å². The van der Waals surface area contributed by atoms with Crippen LogP contribution in [0.25, 0.3) is 0 Å². The fourth-order valence-corrected chi connectivity index (χ4v) is 3.19. The number of nitrogens with one attached hydrogen (secondary N) is 2. The average molecular weight is 283 g/mol. The Balaban J connectivity index is 1.92. The zero-order valence-electron chi connectivity index (χ0n) is 12.4. The van der Waals surface area contributed by atoms with Gasteiger partial charge in [0.05, 0.1) is 13.2 Å². The van der Waals surface area contributed by atoms with Gasteiger partial charge in [0.1, 0.15) is 6.04 Å². The van der Waals surface area contributed by atoms with Crippen LogP contribution in [0, 0.1) is 0 Å². The highest BCUT2D eigenvalue weighted by molar-refractivity contribution is 5.87. The largest absolute Gasteiger partial charge is 0.467 e. The third-order valence-corrected chi connectivity index (χ3v) is 4.29. The maximum atomic E-state index is 12.4. The van der Waals surface area contributed by atoms with Gasteiger partial charge >= 0.3 is 5.97 Å². The number of hydrogen-bond donors (Lipinski definition) is 2. The Morgan fingerprint density at radius 3 is 2.65 bits per heavy atom. The second-order valence-corrected chi connectivity index (χ2v) is 5.63. The summed E-state index contributed by atoms with van der Waals surface area (Å²) in [6, 6.07) is -0.184. The predicted molar refractivity (Wildman–Crippen MR) is 75.2 cm³/mol. The first-order chi connectivity index (χ1) is 9.63. The number of nitrogens with zero attached hydrogens (tertiary/aromatic N) is 1. The maximum Gasteiger partial charge on any atom is 0.328 e. The Bertz CT molecular complexity index is 356. The summed E-state index contributed by atoms with van der Waals surface area (Å²) >= 11 is 0. The number of ether oxygens (including phenoxy) is 1.